The molecule has 0 aliphatic heterocycles. The molecule has 66 valence electrons. The van der Waals surface area contributed by atoms with Crippen molar-refractivity contribution in [2.24, 2.45) is 0 Å². The maximum Gasteiger partial charge on any atom is 1.00 e. The van der Waals surface area contributed by atoms with E-state index in [0.717, 1.165) is 10.9 Å². The van der Waals surface area contributed by atoms with Crippen LogP contribution in [0.4, 0.5) is 0 Å². The molecule has 2 aromatic rings. The van der Waals surface area contributed by atoms with Crippen LogP contribution in [-0.2, 0) is 11.2 Å². The van der Waals surface area contributed by atoms with Gasteiger partial charge in [-0.1, -0.05) is 18.2 Å². The van der Waals surface area contributed by atoms with Gasteiger partial charge in [-0.15, -0.1) is 0 Å². The van der Waals surface area contributed by atoms with Crippen LogP contribution in [0, 0.1) is 0 Å². The van der Waals surface area contributed by atoms with E-state index < -0.39 is 5.97 Å². The van der Waals surface area contributed by atoms with Gasteiger partial charge in [0.1, 0.15) is 0 Å². The first-order valence-corrected chi connectivity index (χ1v) is 4.02. The number of carboxylic acids is 1. The van der Waals surface area contributed by atoms with Gasteiger partial charge in [0.25, 0.3) is 0 Å². The molecule has 0 aliphatic carbocycles. The number of aliphatic carboxylic acids is 1. The molecule has 1 aromatic carbocycles. The molecule has 1 aromatic heterocycles. The number of benzene rings is 1. The number of carbonyl (C=O) groups is 1. The fourth-order valence-electron chi connectivity index (χ4n) is 1.38. The number of carboxylic acid groups (broad SMARTS) is 1. The van der Waals surface area contributed by atoms with Crippen molar-refractivity contribution in [1.82, 2.24) is 4.98 Å². The molecule has 0 saturated heterocycles. The van der Waals surface area contributed by atoms with Gasteiger partial charge in [-0.25, -0.2) is 0 Å². The third-order valence-corrected chi connectivity index (χ3v) is 1.92. The Kier molecular flexibility index (Phi) is 3.75. The van der Waals surface area contributed by atoms with Gasteiger partial charge in [0.15, 0.2) is 0 Å². The Morgan fingerprint density at radius 3 is 2.71 bits per heavy atom. The molecule has 0 spiro atoms. The first-order valence-electron chi connectivity index (χ1n) is 4.02. The van der Waals surface area contributed by atoms with Crippen molar-refractivity contribution in [1.29, 1.82) is 0 Å². The first kappa shape index (κ1) is 11.3. The number of para-hydroxylation sites is 1. The van der Waals surface area contributed by atoms with Crippen LogP contribution in [0.5, 0.6) is 0 Å². The Labute approximate surface area is 103 Å². The molecule has 0 unspecified atom stereocenters. The summed E-state index contributed by atoms with van der Waals surface area (Å²) < 4.78 is 0. The molecule has 0 amide bonds. The molecule has 1 N–H and O–H groups in total. The van der Waals surface area contributed by atoms with Crippen LogP contribution in [0.15, 0.2) is 30.3 Å². The number of aromatic nitrogens is 1. The number of carbonyl (C=O) groups excluding carboxylic acids is 1. The molecule has 0 bridgehead atoms. The van der Waals surface area contributed by atoms with Crippen molar-refractivity contribution in [3.8, 4) is 0 Å². The third-order valence-electron chi connectivity index (χ3n) is 1.92. The van der Waals surface area contributed by atoms with E-state index in [1.54, 1.807) is 0 Å². The monoisotopic (exact) mass is 197 g/mol. The maximum absolute atomic E-state index is 10.3. The van der Waals surface area contributed by atoms with Crippen molar-refractivity contribution in [3.63, 3.8) is 0 Å². The second kappa shape index (κ2) is 4.64. The van der Waals surface area contributed by atoms with E-state index in [-0.39, 0.29) is 36.0 Å². The van der Waals surface area contributed by atoms with Gasteiger partial charge >= 0.3 is 29.6 Å². The Balaban J connectivity index is 0.000000980. The van der Waals surface area contributed by atoms with Gasteiger partial charge in [0, 0.05) is 23.6 Å². The van der Waals surface area contributed by atoms with Crippen molar-refractivity contribution < 1.29 is 39.5 Å². The fraction of sp³-hybridized carbons (Fsp3) is 0.100. The van der Waals surface area contributed by atoms with Gasteiger partial charge in [-0.05, 0) is 17.5 Å². The summed E-state index contributed by atoms with van der Waals surface area (Å²) in [7, 11) is 0. The van der Waals surface area contributed by atoms with Crippen LogP contribution >= 0.6 is 0 Å². The van der Waals surface area contributed by atoms with Gasteiger partial charge in [-0.2, -0.15) is 0 Å². The van der Waals surface area contributed by atoms with Crippen molar-refractivity contribution in [2.45, 2.75) is 6.42 Å². The summed E-state index contributed by atoms with van der Waals surface area (Å²) >= 11 is 0. The number of nitrogens with one attached hydrogen (secondary N) is 1. The summed E-state index contributed by atoms with van der Waals surface area (Å²) in [6.45, 7) is 0. The summed E-state index contributed by atoms with van der Waals surface area (Å²) in [5.41, 5.74) is 1.64. The summed E-state index contributed by atoms with van der Waals surface area (Å²) in [4.78, 5) is 13.3. The summed E-state index contributed by atoms with van der Waals surface area (Å²) in [6, 6.07) is 9.49. The topological polar surface area (TPSA) is 55.9 Å². The molecule has 0 atom stereocenters. The Hall–Kier alpha value is -0.770. The van der Waals surface area contributed by atoms with E-state index >= 15 is 0 Å². The first-order chi connectivity index (χ1) is 6.25. The molecule has 0 fully saturated rings. The quantitative estimate of drug-likeness (QED) is 0.539. The summed E-state index contributed by atoms with van der Waals surface area (Å²) in [5.74, 6) is -1.06. The number of rotatable bonds is 2. The molecule has 2 rings (SSSR count). The van der Waals surface area contributed by atoms with E-state index in [9.17, 15) is 9.90 Å². The second-order valence-electron chi connectivity index (χ2n) is 2.93. The van der Waals surface area contributed by atoms with Crippen LogP contribution in [0.3, 0.4) is 0 Å². The molecule has 0 aliphatic rings. The van der Waals surface area contributed by atoms with Crippen molar-refractivity contribution >= 4 is 16.9 Å². The number of hydrogen-bond donors (Lipinski definition) is 1. The predicted octanol–water partition coefficient (Wildman–Crippen LogP) is -2.54. The smallest absolute Gasteiger partial charge is 0.550 e. The Morgan fingerprint density at radius 2 is 2.07 bits per heavy atom. The maximum atomic E-state index is 10.3. The zero-order chi connectivity index (χ0) is 9.26. The normalized spacial score (nSPS) is 9.71. The van der Waals surface area contributed by atoms with Crippen molar-refractivity contribution in [3.05, 3.63) is 36.0 Å². The minimum Gasteiger partial charge on any atom is -0.550 e. The standard InChI is InChI=1S/C10H9NO2.Na/c12-10(13)6-8-5-7-3-1-2-4-9(7)11-8;/h1-5,11H,6H2,(H,12,13);/q;+1/p-1. The number of aromatic amines is 1. The molecule has 14 heavy (non-hydrogen) atoms. The SMILES string of the molecule is O=C([O-])Cc1cc2ccccc2[nH]1.[Na+]. The van der Waals surface area contributed by atoms with Gasteiger partial charge in [-0.3, -0.25) is 0 Å². The Morgan fingerprint density at radius 1 is 1.36 bits per heavy atom. The number of fused-ring (bicyclic) bond motifs is 1. The minimum atomic E-state index is -1.06. The molecule has 4 heteroatoms. The van der Waals surface area contributed by atoms with E-state index in [4.69, 9.17) is 0 Å². The van der Waals surface area contributed by atoms with Crippen LogP contribution in [0.2, 0.25) is 0 Å². The van der Waals surface area contributed by atoms with Gasteiger partial charge < -0.3 is 14.9 Å². The summed E-state index contributed by atoms with van der Waals surface area (Å²) in [5, 5.41) is 11.3. The fourth-order valence-corrected chi connectivity index (χ4v) is 1.38. The Bertz CT molecular complexity index is 417. The zero-order valence-electron chi connectivity index (χ0n) is 7.91. The third kappa shape index (κ3) is 2.38. The molecular formula is C10H8NNaO2. The number of H-pyrrole nitrogens is 1. The molecular weight excluding hydrogens is 189 g/mol. The molecule has 0 radical (unpaired) electrons. The van der Waals surface area contributed by atoms with E-state index in [1.165, 1.54) is 0 Å². The largest absolute Gasteiger partial charge is 1.00 e. The minimum absolute atomic E-state index is 0. The second-order valence-corrected chi connectivity index (χ2v) is 2.93. The molecule has 0 saturated carbocycles. The van der Waals surface area contributed by atoms with E-state index in [0.29, 0.717) is 5.69 Å². The zero-order valence-corrected chi connectivity index (χ0v) is 9.91. The average molecular weight is 197 g/mol. The molecule has 3 nitrogen and oxygen atoms in total. The van der Waals surface area contributed by atoms with Crippen molar-refractivity contribution in [2.75, 3.05) is 0 Å². The van der Waals surface area contributed by atoms with E-state index in [2.05, 4.69) is 4.98 Å². The van der Waals surface area contributed by atoms with Gasteiger partial charge in [0.2, 0.25) is 0 Å². The predicted molar refractivity (Wildman–Crippen MR) is 47.0 cm³/mol. The van der Waals surface area contributed by atoms with Crippen LogP contribution in [0.1, 0.15) is 5.69 Å². The number of hydrogen-bond acceptors (Lipinski definition) is 2. The molecule has 1 heterocycles. The van der Waals surface area contributed by atoms with Crippen LogP contribution in [-0.4, -0.2) is 11.0 Å². The average Bonchev–Trinajstić information content (AvgIpc) is 2.44. The van der Waals surface area contributed by atoms with Crippen LogP contribution < -0.4 is 34.7 Å². The van der Waals surface area contributed by atoms with E-state index in [1.807, 2.05) is 30.3 Å². The van der Waals surface area contributed by atoms with Gasteiger partial charge in [0.05, 0.1) is 0 Å². The summed E-state index contributed by atoms with van der Waals surface area (Å²) in [6.07, 6.45) is -0.0608. The van der Waals surface area contributed by atoms with Crippen LogP contribution in [0.25, 0.3) is 10.9 Å².